The van der Waals surface area contributed by atoms with Crippen LogP contribution in [0.25, 0.3) is 0 Å². The highest BCUT2D eigenvalue weighted by molar-refractivity contribution is 8.13. The van der Waals surface area contributed by atoms with E-state index in [1.54, 1.807) is 0 Å². The lowest BCUT2D eigenvalue weighted by atomic mass is 10.4. The molecule has 0 aliphatic heterocycles. The van der Waals surface area contributed by atoms with E-state index in [1.165, 1.54) is 10.9 Å². The van der Waals surface area contributed by atoms with Crippen LogP contribution in [0.4, 0.5) is 0 Å². The second-order valence-electron chi connectivity index (χ2n) is 2.59. The SMILES string of the molecule is NC(=O)CCn1cc(S(=O)(=O)Cl)cn1. The summed E-state index contributed by atoms with van der Waals surface area (Å²) >= 11 is 0. The minimum atomic E-state index is -3.75. The van der Waals surface area contributed by atoms with Gasteiger partial charge in [-0.15, -0.1) is 0 Å². The molecule has 1 heterocycles. The van der Waals surface area contributed by atoms with Gasteiger partial charge in [0, 0.05) is 29.8 Å². The highest BCUT2D eigenvalue weighted by Gasteiger charge is 2.12. The van der Waals surface area contributed by atoms with Crippen molar-refractivity contribution in [2.45, 2.75) is 17.9 Å². The summed E-state index contributed by atoms with van der Waals surface area (Å²) in [5.41, 5.74) is 4.91. The lowest BCUT2D eigenvalue weighted by molar-refractivity contribution is -0.118. The van der Waals surface area contributed by atoms with Crippen LogP contribution in [0.3, 0.4) is 0 Å². The van der Waals surface area contributed by atoms with Crippen molar-refractivity contribution < 1.29 is 13.2 Å². The number of primary amides is 1. The monoisotopic (exact) mass is 237 g/mol. The van der Waals surface area contributed by atoms with Gasteiger partial charge in [0.1, 0.15) is 4.90 Å². The fraction of sp³-hybridized carbons (Fsp3) is 0.333. The van der Waals surface area contributed by atoms with Gasteiger partial charge in [-0.3, -0.25) is 9.48 Å². The van der Waals surface area contributed by atoms with Crippen LogP contribution >= 0.6 is 10.7 Å². The van der Waals surface area contributed by atoms with Gasteiger partial charge in [0.15, 0.2) is 0 Å². The number of hydrogen-bond acceptors (Lipinski definition) is 4. The largest absolute Gasteiger partial charge is 0.370 e. The van der Waals surface area contributed by atoms with Crippen molar-refractivity contribution in [2.24, 2.45) is 5.73 Å². The quantitative estimate of drug-likeness (QED) is 0.727. The van der Waals surface area contributed by atoms with E-state index >= 15 is 0 Å². The average Bonchev–Trinajstić information content (AvgIpc) is 2.47. The second kappa shape index (κ2) is 3.97. The predicted molar refractivity (Wildman–Crippen MR) is 49.1 cm³/mol. The molecule has 0 atom stereocenters. The molecule has 14 heavy (non-hydrogen) atoms. The van der Waals surface area contributed by atoms with E-state index < -0.39 is 15.0 Å². The first kappa shape index (κ1) is 11.0. The molecule has 2 N–H and O–H groups in total. The first-order chi connectivity index (χ1) is 6.39. The molecule has 0 radical (unpaired) electrons. The molecule has 8 heteroatoms. The number of rotatable bonds is 4. The predicted octanol–water partition coefficient (Wildman–Crippen LogP) is -0.314. The number of carbonyl (C=O) groups is 1. The molecular formula is C6H8ClN3O3S. The van der Waals surface area contributed by atoms with Gasteiger partial charge in [0.05, 0.1) is 6.20 Å². The Balaban J connectivity index is 2.74. The van der Waals surface area contributed by atoms with E-state index in [-0.39, 0.29) is 17.9 Å². The van der Waals surface area contributed by atoms with Gasteiger partial charge >= 0.3 is 0 Å². The van der Waals surface area contributed by atoms with Gasteiger partial charge in [-0.05, 0) is 0 Å². The van der Waals surface area contributed by atoms with Crippen molar-refractivity contribution in [2.75, 3.05) is 0 Å². The second-order valence-corrected chi connectivity index (χ2v) is 5.16. The highest BCUT2D eigenvalue weighted by atomic mass is 35.7. The number of nitrogens with zero attached hydrogens (tertiary/aromatic N) is 2. The number of halogens is 1. The molecule has 78 valence electrons. The summed E-state index contributed by atoms with van der Waals surface area (Å²) in [7, 11) is 1.31. The van der Waals surface area contributed by atoms with Crippen molar-refractivity contribution >= 4 is 25.6 Å². The van der Waals surface area contributed by atoms with Crippen LogP contribution in [-0.4, -0.2) is 24.1 Å². The summed E-state index contributed by atoms with van der Waals surface area (Å²) in [5, 5.41) is 3.70. The van der Waals surface area contributed by atoms with Gasteiger partial charge in [0.25, 0.3) is 9.05 Å². The Kier molecular flexibility index (Phi) is 3.12. The molecule has 1 rings (SSSR count). The molecule has 6 nitrogen and oxygen atoms in total. The molecular weight excluding hydrogens is 230 g/mol. The number of hydrogen-bond donors (Lipinski definition) is 1. The summed E-state index contributed by atoms with van der Waals surface area (Å²) in [6, 6.07) is 0. The van der Waals surface area contributed by atoms with E-state index in [0.717, 1.165) is 6.20 Å². The number of nitrogens with two attached hydrogens (primary N) is 1. The van der Waals surface area contributed by atoms with Crippen molar-refractivity contribution in [1.82, 2.24) is 9.78 Å². The smallest absolute Gasteiger partial charge is 0.264 e. The van der Waals surface area contributed by atoms with E-state index in [9.17, 15) is 13.2 Å². The molecule has 0 fully saturated rings. The van der Waals surface area contributed by atoms with Crippen LogP contribution in [-0.2, 0) is 20.4 Å². The molecule has 0 aliphatic carbocycles. The van der Waals surface area contributed by atoms with Gasteiger partial charge in [-0.1, -0.05) is 0 Å². The Morgan fingerprint density at radius 2 is 2.29 bits per heavy atom. The number of carbonyl (C=O) groups excluding carboxylic acids is 1. The van der Waals surface area contributed by atoms with Crippen molar-refractivity contribution in [3.63, 3.8) is 0 Å². The third-order valence-corrected chi connectivity index (χ3v) is 2.79. The first-order valence-corrected chi connectivity index (χ1v) is 5.96. The lowest BCUT2D eigenvalue weighted by Crippen LogP contribution is -2.14. The molecule has 1 aromatic heterocycles. The molecule has 0 bridgehead atoms. The Morgan fingerprint density at radius 3 is 2.71 bits per heavy atom. The Bertz CT molecular complexity index is 439. The first-order valence-electron chi connectivity index (χ1n) is 3.65. The Morgan fingerprint density at radius 1 is 1.64 bits per heavy atom. The fourth-order valence-corrected chi connectivity index (χ4v) is 1.48. The maximum Gasteiger partial charge on any atom is 0.264 e. The third-order valence-electron chi connectivity index (χ3n) is 1.48. The van der Waals surface area contributed by atoms with Crippen molar-refractivity contribution in [3.8, 4) is 0 Å². The summed E-state index contributed by atoms with van der Waals surface area (Å²) in [5.74, 6) is -0.476. The van der Waals surface area contributed by atoms with Gasteiger partial charge in [-0.2, -0.15) is 5.10 Å². The van der Waals surface area contributed by atoms with Gasteiger partial charge in [0.2, 0.25) is 5.91 Å². The molecule has 0 aliphatic rings. The third kappa shape index (κ3) is 3.00. The van der Waals surface area contributed by atoms with Crippen LogP contribution < -0.4 is 5.73 Å². The van der Waals surface area contributed by atoms with E-state index in [1.807, 2.05) is 0 Å². The molecule has 1 amide bonds. The average molecular weight is 238 g/mol. The van der Waals surface area contributed by atoms with Crippen LogP contribution in [0.2, 0.25) is 0 Å². The minimum Gasteiger partial charge on any atom is -0.370 e. The van der Waals surface area contributed by atoms with E-state index in [2.05, 4.69) is 5.10 Å². The van der Waals surface area contributed by atoms with Crippen LogP contribution in [0.5, 0.6) is 0 Å². The molecule has 0 spiro atoms. The number of amides is 1. The zero-order chi connectivity index (χ0) is 10.8. The molecule has 0 saturated heterocycles. The zero-order valence-electron chi connectivity index (χ0n) is 7.05. The van der Waals surface area contributed by atoms with Crippen LogP contribution in [0.1, 0.15) is 6.42 Å². The molecule has 0 aromatic carbocycles. The Labute approximate surface area is 85.1 Å². The van der Waals surface area contributed by atoms with Crippen LogP contribution in [0.15, 0.2) is 17.3 Å². The number of aryl methyl sites for hydroxylation is 1. The summed E-state index contributed by atoms with van der Waals surface area (Å²) in [6.07, 6.45) is 2.46. The minimum absolute atomic E-state index is 0.0939. The molecule has 0 saturated carbocycles. The maximum absolute atomic E-state index is 10.8. The molecule has 1 aromatic rings. The topological polar surface area (TPSA) is 95.0 Å². The van der Waals surface area contributed by atoms with E-state index in [4.69, 9.17) is 16.4 Å². The Hall–Kier alpha value is -1.08. The number of aromatic nitrogens is 2. The fourth-order valence-electron chi connectivity index (χ4n) is 0.818. The van der Waals surface area contributed by atoms with Crippen molar-refractivity contribution in [3.05, 3.63) is 12.4 Å². The van der Waals surface area contributed by atoms with Gasteiger partial charge in [-0.25, -0.2) is 8.42 Å². The lowest BCUT2D eigenvalue weighted by Gasteiger charge is -1.96. The zero-order valence-corrected chi connectivity index (χ0v) is 8.62. The summed E-state index contributed by atoms with van der Waals surface area (Å²) < 4.78 is 22.9. The van der Waals surface area contributed by atoms with Gasteiger partial charge < -0.3 is 5.73 Å². The standard InChI is InChI=1S/C6H8ClN3O3S/c7-14(12,13)5-3-9-10(4-5)2-1-6(8)11/h3-4H,1-2H2,(H2,8,11). The normalized spacial score (nSPS) is 11.5. The summed E-state index contributed by atoms with van der Waals surface area (Å²) in [4.78, 5) is 10.3. The maximum atomic E-state index is 10.8. The van der Waals surface area contributed by atoms with Crippen molar-refractivity contribution in [1.29, 1.82) is 0 Å². The molecule has 0 unspecified atom stereocenters. The summed E-state index contributed by atoms with van der Waals surface area (Å²) in [6.45, 7) is 0.238. The van der Waals surface area contributed by atoms with E-state index in [0.29, 0.717) is 0 Å². The highest BCUT2D eigenvalue weighted by Crippen LogP contribution is 2.12. The van der Waals surface area contributed by atoms with Crippen LogP contribution in [0, 0.1) is 0 Å².